The lowest BCUT2D eigenvalue weighted by molar-refractivity contribution is 0.112. The number of benzene rings is 2. The Hall–Kier alpha value is -3.06. The summed E-state index contributed by atoms with van der Waals surface area (Å²) in [5.41, 5.74) is 2.36. The fourth-order valence-electron chi connectivity index (χ4n) is 3.43. The molecule has 2 unspecified atom stereocenters. The lowest BCUT2D eigenvalue weighted by Crippen LogP contribution is -2.35. The first kappa shape index (κ1) is 21.6. The SMILES string of the molecule is CC(C)C(NC(=O)Nc1ccc(NC(=O)NCC2CCCO2)cc1)c1ccccc1. The average Bonchev–Trinajstić information content (AvgIpc) is 3.26. The highest BCUT2D eigenvalue weighted by Crippen LogP contribution is 2.22. The Bertz CT molecular complexity index is 818. The van der Waals surface area contributed by atoms with Gasteiger partial charge in [-0.2, -0.15) is 0 Å². The van der Waals surface area contributed by atoms with Crippen molar-refractivity contribution in [3.63, 3.8) is 0 Å². The van der Waals surface area contributed by atoms with Crippen molar-refractivity contribution in [1.29, 1.82) is 0 Å². The Balaban J connectivity index is 1.48. The minimum atomic E-state index is -0.272. The van der Waals surface area contributed by atoms with Crippen LogP contribution in [0, 0.1) is 5.92 Å². The third-order valence-corrected chi connectivity index (χ3v) is 5.03. The van der Waals surface area contributed by atoms with Crippen LogP contribution >= 0.6 is 0 Å². The van der Waals surface area contributed by atoms with Gasteiger partial charge in [-0.25, -0.2) is 9.59 Å². The topological polar surface area (TPSA) is 91.5 Å². The van der Waals surface area contributed by atoms with Gasteiger partial charge in [0.1, 0.15) is 0 Å². The van der Waals surface area contributed by atoms with E-state index in [2.05, 4.69) is 35.1 Å². The van der Waals surface area contributed by atoms with Crippen LogP contribution in [0.15, 0.2) is 54.6 Å². The van der Waals surface area contributed by atoms with Crippen LogP contribution in [0.25, 0.3) is 0 Å². The van der Waals surface area contributed by atoms with Crippen LogP contribution in [0.5, 0.6) is 0 Å². The van der Waals surface area contributed by atoms with E-state index in [1.807, 2.05) is 30.3 Å². The molecule has 1 aliphatic rings. The van der Waals surface area contributed by atoms with E-state index in [-0.39, 0.29) is 30.1 Å². The second-order valence-corrected chi connectivity index (χ2v) is 7.78. The minimum Gasteiger partial charge on any atom is -0.376 e. The number of ether oxygens (including phenoxy) is 1. The number of carbonyl (C=O) groups excluding carboxylic acids is 2. The molecule has 7 nitrogen and oxygen atoms in total. The van der Waals surface area contributed by atoms with Crippen molar-refractivity contribution in [3.8, 4) is 0 Å². The number of carbonyl (C=O) groups is 2. The van der Waals surface area contributed by atoms with E-state index >= 15 is 0 Å². The van der Waals surface area contributed by atoms with E-state index in [0.717, 1.165) is 25.0 Å². The highest BCUT2D eigenvalue weighted by Gasteiger charge is 2.18. The van der Waals surface area contributed by atoms with Crippen molar-refractivity contribution in [3.05, 3.63) is 60.2 Å². The third-order valence-electron chi connectivity index (χ3n) is 5.03. The summed E-state index contributed by atoms with van der Waals surface area (Å²) < 4.78 is 5.49. The molecule has 2 aromatic carbocycles. The molecule has 30 heavy (non-hydrogen) atoms. The van der Waals surface area contributed by atoms with Gasteiger partial charge in [0.2, 0.25) is 0 Å². The van der Waals surface area contributed by atoms with Gasteiger partial charge in [-0.3, -0.25) is 0 Å². The van der Waals surface area contributed by atoms with Gasteiger partial charge in [0, 0.05) is 24.5 Å². The molecule has 0 aliphatic carbocycles. The summed E-state index contributed by atoms with van der Waals surface area (Å²) >= 11 is 0. The number of rotatable bonds is 7. The Morgan fingerprint density at radius 2 is 1.60 bits per heavy atom. The molecular weight excluding hydrogens is 380 g/mol. The first-order chi connectivity index (χ1) is 14.5. The first-order valence-electron chi connectivity index (χ1n) is 10.4. The number of urea groups is 2. The summed E-state index contributed by atoms with van der Waals surface area (Å²) in [4.78, 5) is 24.5. The van der Waals surface area contributed by atoms with Crippen LogP contribution in [0.4, 0.5) is 21.0 Å². The highest BCUT2D eigenvalue weighted by atomic mass is 16.5. The molecule has 0 radical (unpaired) electrons. The normalized spacial score (nSPS) is 16.7. The standard InChI is InChI=1S/C23H30N4O3/c1-16(2)21(17-7-4-3-5-8-17)27-23(29)26-19-12-10-18(11-13-19)25-22(28)24-15-20-9-6-14-30-20/h3-5,7-8,10-13,16,20-21H,6,9,14-15H2,1-2H3,(H2,24,25,28)(H2,26,27,29). The molecule has 0 spiro atoms. The number of anilines is 2. The van der Waals surface area contributed by atoms with E-state index in [9.17, 15) is 9.59 Å². The number of hydrogen-bond donors (Lipinski definition) is 4. The zero-order valence-electron chi connectivity index (χ0n) is 17.5. The summed E-state index contributed by atoms with van der Waals surface area (Å²) in [5, 5.41) is 11.5. The monoisotopic (exact) mass is 410 g/mol. The molecule has 3 rings (SSSR count). The average molecular weight is 411 g/mol. The van der Waals surface area contributed by atoms with E-state index in [1.54, 1.807) is 24.3 Å². The fourth-order valence-corrected chi connectivity index (χ4v) is 3.43. The minimum absolute atomic E-state index is 0.0836. The quantitative estimate of drug-likeness (QED) is 0.541. The van der Waals surface area contributed by atoms with Crippen molar-refractivity contribution in [2.24, 2.45) is 5.92 Å². The Labute approximate surface area is 177 Å². The molecule has 4 N–H and O–H groups in total. The summed E-state index contributed by atoms with van der Waals surface area (Å²) in [6.07, 6.45) is 2.12. The van der Waals surface area contributed by atoms with Crippen molar-refractivity contribution < 1.29 is 14.3 Å². The third kappa shape index (κ3) is 6.49. The lowest BCUT2D eigenvalue weighted by atomic mass is 9.96. The fraction of sp³-hybridized carbons (Fsp3) is 0.391. The van der Waals surface area contributed by atoms with Gasteiger partial charge in [0.05, 0.1) is 12.1 Å². The van der Waals surface area contributed by atoms with E-state index in [0.29, 0.717) is 17.9 Å². The number of amides is 4. The van der Waals surface area contributed by atoms with Crippen LogP contribution in [0.1, 0.15) is 38.3 Å². The van der Waals surface area contributed by atoms with E-state index in [1.165, 1.54) is 0 Å². The molecule has 160 valence electrons. The van der Waals surface area contributed by atoms with Gasteiger partial charge >= 0.3 is 12.1 Å². The summed E-state index contributed by atoms with van der Waals surface area (Å²) in [6.45, 7) is 5.41. The van der Waals surface area contributed by atoms with Crippen LogP contribution < -0.4 is 21.3 Å². The molecular formula is C23H30N4O3. The molecule has 1 saturated heterocycles. The predicted octanol–water partition coefficient (Wildman–Crippen LogP) is 4.51. The Kier molecular flexibility index (Phi) is 7.68. The highest BCUT2D eigenvalue weighted by molar-refractivity contribution is 5.91. The van der Waals surface area contributed by atoms with Crippen LogP contribution in [-0.4, -0.2) is 31.3 Å². The van der Waals surface area contributed by atoms with Crippen LogP contribution in [0.3, 0.4) is 0 Å². The largest absolute Gasteiger partial charge is 0.376 e. The van der Waals surface area contributed by atoms with Crippen molar-refractivity contribution in [1.82, 2.24) is 10.6 Å². The zero-order valence-corrected chi connectivity index (χ0v) is 17.5. The van der Waals surface area contributed by atoms with E-state index < -0.39 is 0 Å². The maximum absolute atomic E-state index is 12.5. The van der Waals surface area contributed by atoms with E-state index in [4.69, 9.17) is 4.74 Å². The van der Waals surface area contributed by atoms with Gasteiger partial charge in [-0.05, 0) is 48.6 Å². The molecule has 4 amide bonds. The molecule has 2 aromatic rings. The van der Waals surface area contributed by atoms with Crippen LogP contribution in [-0.2, 0) is 4.74 Å². The maximum Gasteiger partial charge on any atom is 0.319 e. The van der Waals surface area contributed by atoms with Crippen molar-refractivity contribution in [2.45, 2.75) is 38.8 Å². The zero-order chi connectivity index (χ0) is 21.3. The molecule has 0 aromatic heterocycles. The van der Waals surface area contributed by atoms with Crippen molar-refractivity contribution in [2.75, 3.05) is 23.8 Å². The first-order valence-corrected chi connectivity index (χ1v) is 10.4. The molecule has 1 aliphatic heterocycles. The van der Waals surface area contributed by atoms with Gasteiger partial charge < -0.3 is 26.0 Å². The number of nitrogens with one attached hydrogen (secondary N) is 4. The maximum atomic E-state index is 12.5. The lowest BCUT2D eigenvalue weighted by Gasteiger charge is -2.23. The molecule has 2 atom stereocenters. The molecule has 7 heteroatoms. The van der Waals surface area contributed by atoms with Crippen molar-refractivity contribution >= 4 is 23.4 Å². The summed E-state index contributed by atoms with van der Waals surface area (Å²) in [5.74, 6) is 0.248. The van der Waals surface area contributed by atoms with Gasteiger partial charge in [0.25, 0.3) is 0 Å². The molecule has 0 bridgehead atoms. The van der Waals surface area contributed by atoms with Gasteiger partial charge in [-0.15, -0.1) is 0 Å². The number of hydrogen-bond acceptors (Lipinski definition) is 3. The molecule has 1 heterocycles. The Morgan fingerprint density at radius 3 is 2.17 bits per heavy atom. The Morgan fingerprint density at radius 1 is 0.967 bits per heavy atom. The van der Waals surface area contributed by atoms with Crippen LogP contribution in [0.2, 0.25) is 0 Å². The van der Waals surface area contributed by atoms with Gasteiger partial charge in [-0.1, -0.05) is 44.2 Å². The second-order valence-electron chi connectivity index (χ2n) is 7.78. The second kappa shape index (κ2) is 10.6. The molecule has 0 saturated carbocycles. The summed E-state index contributed by atoms with van der Waals surface area (Å²) in [7, 11) is 0. The summed E-state index contributed by atoms with van der Waals surface area (Å²) in [6, 6.07) is 16.3. The predicted molar refractivity (Wildman–Crippen MR) is 119 cm³/mol. The smallest absolute Gasteiger partial charge is 0.319 e. The molecule has 1 fully saturated rings. The van der Waals surface area contributed by atoms with Gasteiger partial charge in [0.15, 0.2) is 0 Å².